The Labute approximate surface area is 116 Å². The van der Waals surface area contributed by atoms with Gasteiger partial charge in [0, 0.05) is 13.0 Å². The number of carbonyl (C=O) groups is 1. The summed E-state index contributed by atoms with van der Waals surface area (Å²) in [5.41, 5.74) is 0. The molecule has 1 aliphatic rings. The predicted molar refractivity (Wildman–Crippen MR) is 71.1 cm³/mol. The van der Waals surface area contributed by atoms with Crippen molar-refractivity contribution in [2.24, 2.45) is 0 Å². The van der Waals surface area contributed by atoms with Crippen LogP contribution in [0.5, 0.6) is 0 Å². The van der Waals surface area contributed by atoms with Crippen LogP contribution in [0.25, 0.3) is 0 Å². The lowest BCUT2D eigenvalue weighted by atomic mass is 10.2. The molecule has 1 saturated heterocycles. The van der Waals surface area contributed by atoms with Gasteiger partial charge >= 0.3 is 5.97 Å². The molecule has 0 amide bonds. The quantitative estimate of drug-likeness (QED) is 0.579. The normalized spacial score (nSPS) is 18.7. The molecule has 2 rings (SSSR count). The van der Waals surface area contributed by atoms with Crippen LogP contribution in [0, 0.1) is 0 Å². The Morgan fingerprint density at radius 2 is 2.42 bits per heavy atom. The molecule has 1 fully saturated rings. The number of hydrogen-bond acceptors (Lipinski definition) is 6. The molecule has 106 valence electrons. The molecule has 2 heterocycles. The predicted octanol–water partition coefficient (Wildman–Crippen LogP) is 1.28. The average molecular weight is 285 g/mol. The fourth-order valence-corrected chi connectivity index (χ4v) is 2.84. The fourth-order valence-electron chi connectivity index (χ4n) is 2.05. The maximum Gasteiger partial charge on any atom is 0.316 e. The van der Waals surface area contributed by atoms with Crippen molar-refractivity contribution >= 4 is 17.7 Å². The number of carbonyl (C=O) groups excluding carboxylic acids is 1. The van der Waals surface area contributed by atoms with Crippen LogP contribution in [0.2, 0.25) is 0 Å². The summed E-state index contributed by atoms with van der Waals surface area (Å²) in [4.78, 5) is 11.2. The molecule has 7 heteroatoms. The molecule has 0 spiro atoms. The summed E-state index contributed by atoms with van der Waals surface area (Å²) in [6.45, 7) is 3.64. The maximum absolute atomic E-state index is 11.2. The summed E-state index contributed by atoms with van der Waals surface area (Å²) in [6, 6.07) is 0. The molecular formula is C12H19N3O3S. The van der Waals surface area contributed by atoms with Crippen molar-refractivity contribution in [1.29, 1.82) is 0 Å². The Morgan fingerprint density at radius 1 is 1.58 bits per heavy atom. The third kappa shape index (κ3) is 3.70. The lowest BCUT2D eigenvalue weighted by Crippen LogP contribution is -2.18. The maximum atomic E-state index is 11.2. The van der Waals surface area contributed by atoms with Crippen molar-refractivity contribution < 1.29 is 14.3 Å². The summed E-state index contributed by atoms with van der Waals surface area (Å²) >= 11 is 1.36. The second kappa shape index (κ2) is 6.91. The highest BCUT2D eigenvalue weighted by atomic mass is 32.2. The first-order valence-electron chi connectivity index (χ1n) is 6.48. The van der Waals surface area contributed by atoms with Gasteiger partial charge in [-0.25, -0.2) is 0 Å². The lowest BCUT2D eigenvalue weighted by molar-refractivity contribution is -0.137. The van der Waals surface area contributed by atoms with Crippen LogP contribution < -0.4 is 0 Å². The van der Waals surface area contributed by atoms with Crippen LogP contribution in [-0.4, -0.2) is 46.3 Å². The Hall–Kier alpha value is -1.08. The standard InChI is InChI=1S/C12H19N3O3S/c1-3-10-13-14-12(19-8-11(16)17-2)15(10)7-9-5-4-6-18-9/h9H,3-8H2,1-2H3. The van der Waals surface area contributed by atoms with Gasteiger partial charge < -0.3 is 14.0 Å². The Balaban J connectivity index is 2.04. The molecule has 6 nitrogen and oxygen atoms in total. The molecular weight excluding hydrogens is 266 g/mol. The van der Waals surface area contributed by atoms with E-state index in [1.54, 1.807) is 0 Å². The molecule has 1 aromatic rings. The molecule has 0 saturated carbocycles. The highest BCUT2D eigenvalue weighted by molar-refractivity contribution is 7.99. The van der Waals surface area contributed by atoms with Gasteiger partial charge in [0.15, 0.2) is 5.16 Å². The van der Waals surface area contributed by atoms with Gasteiger partial charge in [0.05, 0.1) is 25.5 Å². The minimum absolute atomic E-state index is 0.235. The third-order valence-corrected chi connectivity index (χ3v) is 4.01. The van der Waals surface area contributed by atoms with Crippen molar-refractivity contribution in [2.45, 2.75) is 44.0 Å². The van der Waals surface area contributed by atoms with Gasteiger partial charge in [0.1, 0.15) is 5.82 Å². The largest absolute Gasteiger partial charge is 0.468 e. The first-order valence-corrected chi connectivity index (χ1v) is 7.46. The van der Waals surface area contributed by atoms with E-state index in [0.717, 1.165) is 43.4 Å². The van der Waals surface area contributed by atoms with E-state index in [0.29, 0.717) is 0 Å². The molecule has 1 aromatic heterocycles. The molecule has 19 heavy (non-hydrogen) atoms. The van der Waals surface area contributed by atoms with Gasteiger partial charge in [-0.15, -0.1) is 10.2 Å². The van der Waals surface area contributed by atoms with E-state index in [-0.39, 0.29) is 17.8 Å². The number of aromatic nitrogens is 3. The number of aryl methyl sites for hydroxylation is 1. The summed E-state index contributed by atoms with van der Waals surface area (Å²) in [6.07, 6.45) is 3.23. The van der Waals surface area contributed by atoms with E-state index in [2.05, 4.69) is 19.5 Å². The Bertz CT molecular complexity index is 430. The zero-order chi connectivity index (χ0) is 13.7. The summed E-state index contributed by atoms with van der Waals surface area (Å²) in [5, 5.41) is 9.07. The highest BCUT2D eigenvalue weighted by Crippen LogP contribution is 2.21. The molecule has 0 N–H and O–H groups in total. The number of ether oxygens (including phenoxy) is 2. The van der Waals surface area contributed by atoms with E-state index < -0.39 is 0 Å². The van der Waals surface area contributed by atoms with Crippen molar-refractivity contribution in [3.8, 4) is 0 Å². The molecule has 1 unspecified atom stereocenters. The van der Waals surface area contributed by atoms with Gasteiger partial charge in [0.2, 0.25) is 0 Å². The number of rotatable bonds is 6. The second-order valence-electron chi connectivity index (χ2n) is 4.36. The van der Waals surface area contributed by atoms with Crippen molar-refractivity contribution in [3.05, 3.63) is 5.82 Å². The van der Waals surface area contributed by atoms with Gasteiger partial charge in [-0.3, -0.25) is 4.79 Å². The molecule has 0 aromatic carbocycles. The van der Waals surface area contributed by atoms with Crippen LogP contribution in [0.3, 0.4) is 0 Å². The first kappa shape index (κ1) is 14.3. The van der Waals surface area contributed by atoms with Crippen LogP contribution in [0.1, 0.15) is 25.6 Å². The summed E-state index contributed by atoms with van der Waals surface area (Å²) in [5.74, 6) is 0.932. The zero-order valence-electron chi connectivity index (χ0n) is 11.3. The van der Waals surface area contributed by atoms with Crippen LogP contribution in [-0.2, 0) is 27.2 Å². The molecule has 1 aliphatic heterocycles. The molecule has 0 aliphatic carbocycles. The van der Waals surface area contributed by atoms with Crippen LogP contribution >= 0.6 is 11.8 Å². The van der Waals surface area contributed by atoms with Gasteiger partial charge in [-0.2, -0.15) is 0 Å². The Kier molecular flexibility index (Phi) is 5.21. The number of esters is 1. The van der Waals surface area contributed by atoms with Gasteiger partial charge in [0.25, 0.3) is 0 Å². The van der Waals surface area contributed by atoms with Crippen LogP contribution in [0.4, 0.5) is 0 Å². The minimum atomic E-state index is -0.255. The fraction of sp³-hybridized carbons (Fsp3) is 0.750. The number of nitrogens with zero attached hydrogens (tertiary/aromatic N) is 3. The number of methoxy groups -OCH3 is 1. The monoisotopic (exact) mass is 285 g/mol. The average Bonchev–Trinajstić information content (AvgIpc) is 3.06. The minimum Gasteiger partial charge on any atom is -0.468 e. The molecule has 0 radical (unpaired) electrons. The van der Waals surface area contributed by atoms with E-state index in [1.165, 1.54) is 18.9 Å². The van der Waals surface area contributed by atoms with E-state index >= 15 is 0 Å². The third-order valence-electron chi connectivity index (χ3n) is 3.07. The zero-order valence-corrected chi connectivity index (χ0v) is 12.1. The number of hydrogen-bond donors (Lipinski definition) is 0. The van der Waals surface area contributed by atoms with E-state index in [4.69, 9.17) is 4.74 Å². The summed E-state index contributed by atoms with van der Waals surface area (Å²) in [7, 11) is 1.39. The topological polar surface area (TPSA) is 66.2 Å². The lowest BCUT2D eigenvalue weighted by Gasteiger charge is -2.13. The number of thioether (sulfide) groups is 1. The molecule has 0 bridgehead atoms. The molecule has 1 atom stereocenters. The van der Waals surface area contributed by atoms with Crippen molar-refractivity contribution in [2.75, 3.05) is 19.5 Å². The van der Waals surface area contributed by atoms with E-state index in [1.807, 2.05) is 6.92 Å². The first-order chi connectivity index (χ1) is 9.24. The van der Waals surface area contributed by atoms with Crippen LogP contribution in [0.15, 0.2) is 5.16 Å². The van der Waals surface area contributed by atoms with Gasteiger partial charge in [-0.05, 0) is 12.8 Å². The highest BCUT2D eigenvalue weighted by Gasteiger charge is 2.20. The second-order valence-corrected chi connectivity index (χ2v) is 5.31. The SMILES string of the molecule is CCc1nnc(SCC(=O)OC)n1CC1CCCO1. The van der Waals surface area contributed by atoms with E-state index in [9.17, 15) is 4.79 Å². The van der Waals surface area contributed by atoms with Crippen molar-refractivity contribution in [3.63, 3.8) is 0 Å². The Morgan fingerprint density at radius 3 is 3.05 bits per heavy atom. The van der Waals surface area contributed by atoms with Crippen molar-refractivity contribution in [1.82, 2.24) is 14.8 Å². The smallest absolute Gasteiger partial charge is 0.316 e. The summed E-state index contributed by atoms with van der Waals surface area (Å²) < 4.78 is 12.3. The van der Waals surface area contributed by atoms with Gasteiger partial charge in [-0.1, -0.05) is 18.7 Å².